The lowest BCUT2D eigenvalue weighted by atomic mass is 10.3. The summed E-state index contributed by atoms with van der Waals surface area (Å²) >= 11 is 1.40. The van der Waals surface area contributed by atoms with Crippen LogP contribution in [0.3, 0.4) is 0 Å². The second-order valence-corrected chi connectivity index (χ2v) is 4.39. The summed E-state index contributed by atoms with van der Waals surface area (Å²) in [7, 11) is 0. The quantitative estimate of drug-likeness (QED) is 0.904. The van der Waals surface area contributed by atoms with Crippen molar-refractivity contribution in [1.82, 2.24) is 0 Å². The van der Waals surface area contributed by atoms with Gasteiger partial charge in [-0.3, -0.25) is 0 Å². The van der Waals surface area contributed by atoms with Crippen molar-refractivity contribution in [2.45, 2.75) is 6.54 Å². The van der Waals surface area contributed by atoms with Gasteiger partial charge in [0.05, 0.1) is 11.3 Å². The Hall–Kier alpha value is -1.93. The van der Waals surface area contributed by atoms with Crippen LogP contribution in [0.2, 0.25) is 0 Å². The lowest BCUT2D eigenvalue weighted by Gasteiger charge is -2.05. The van der Waals surface area contributed by atoms with Gasteiger partial charge in [-0.1, -0.05) is 0 Å². The Morgan fingerprint density at radius 1 is 1.29 bits per heavy atom. The van der Waals surface area contributed by atoms with Crippen LogP contribution in [0, 0.1) is 23.0 Å². The molecule has 1 N–H and O–H groups in total. The number of nitriles is 1. The van der Waals surface area contributed by atoms with Crippen molar-refractivity contribution in [3.8, 4) is 6.07 Å². The number of anilines is 1. The van der Waals surface area contributed by atoms with Gasteiger partial charge >= 0.3 is 0 Å². The third kappa shape index (κ3) is 2.80. The van der Waals surface area contributed by atoms with Gasteiger partial charge in [-0.15, -0.1) is 11.3 Å². The first-order valence-corrected chi connectivity index (χ1v) is 5.73. The highest BCUT2D eigenvalue weighted by Crippen LogP contribution is 2.19. The van der Waals surface area contributed by atoms with Crippen molar-refractivity contribution >= 4 is 17.0 Å². The molecule has 86 valence electrons. The zero-order valence-corrected chi connectivity index (χ0v) is 9.52. The first-order valence-electron chi connectivity index (χ1n) is 4.85. The average Bonchev–Trinajstić information content (AvgIpc) is 2.78. The number of halogens is 2. The van der Waals surface area contributed by atoms with Crippen LogP contribution < -0.4 is 5.32 Å². The lowest BCUT2D eigenvalue weighted by molar-refractivity contribution is 0.602. The highest BCUT2D eigenvalue weighted by atomic mass is 32.1. The van der Waals surface area contributed by atoms with Crippen molar-refractivity contribution in [3.63, 3.8) is 0 Å². The maximum Gasteiger partial charge on any atom is 0.146 e. The molecule has 1 aromatic heterocycles. The molecule has 0 aliphatic rings. The van der Waals surface area contributed by atoms with E-state index >= 15 is 0 Å². The Kier molecular flexibility index (Phi) is 3.35. The molecule has 0 amide bonds. The minimum atomic E-state index is -0.497. The molecule has 5 heteroatoms. The van der Waals surface area contributed by atoms with E-state index in [1.165, 1.54) is 11.3 Å². The Bertz CT molecular complexity index is 572. The first kappa shape index (κ1) is 11.6. The largest absolute Gasteiger partial charge is 0.378 e. The molecule has 2 nitrogen and oxygen atoms in total. The van der Waals surface area contributed by atoms with Gasteiger partial charge in [0.25, 0.3) is 0 Å². The van der Waals surface area contributed by atoms with Crippen molar-refractivity contribution in [3.05, 3.63) is 51.7 Å². The standard InChI is InChI=1S/C12H8F2N2S/c13-9-1-2-11(14)12(4-9)16-6-10-3-8(5-15)7-17-10/h1-4,7,16H,6H2. The zero-order chi connectivity index (χ0) is 12.3. The maximum absolute atomic E-state index is 13.3. The summed E-state index contributed by atoms with van der Waals surface area (Å²) < 4.78 is 26.2. The number of thiophene rings is 1. The SMILES string of the molecule is N#Cc1csc(CNc2cc(F)ccc2F)c1. The molecule has 0 saturated carbocycles. The van der Waals surface area contributed by atoms with E-state index in [1.54, 1.807) is 11.4 Å². The van der Waals surface area contributed by atoms with E-state index in [4.69, 9.17) is 5.26 Å². The maximum atomic E-state index is 13.3. The van der Waals surface area contributed by atoms with Crippen LogP contribution >= 0.6 is 11.3 Å². The molecule has 1 heterocycles. The molecule has 2 rings (SSSR count). The van der Waals surface area contributed by atoms with E-state index < -0.39 is 11.6 Å². The predicted octanol–water partition coefficient (Wildman–Crippen LogP) is 3.51. The van der Waals surface area contributed by atoms with Gasteiger partial charge in [0.1, 0.15) is 17.7 Å². The first-order chi connectivity index (χ1) is 8.19. The number of nitrogens with zero attached hydrogens (tertiary/aromatic N) is 1. The summed E-state index contributed by atoms with van der Waals surface area (Å²) in [5.74, 6) is -0.985. The fourth-order valence-corrected chi connectivity index (χ4v) is 2.10. The number of benzene rings is 1. The predicted molar refractivity (Wildman–Crippen MR) is 62.7 cm³/mol. The van der Waals surface area contributed by atoms with E-state index in [9.17, 15) is 8.78 Å². The van der Waals surface area contributed by atoms with Gasteiger partial charge in [0.15, 0.2) is 0 Å². The van der Waals surface area contributed by atoms with Crippen LogP contribution in [0.1, 0.15) is 10.4 Å². The van der Waals surface area contributed by atoms with Crippen molar-refractivity contribution in [2.75, 3.05) is 5.32 Å². The third-order valence-corrected chi connectivity index (χ3v) is 3.10. The summed E-state index contributed by atoms with van der Waals surface area (Å²) in [4.78, 5) is 0.894. The third-order valence-electron chi connectivity index (χ3n) is 2.16. The zero-order valence-electron chi connectivity index (χ0n) is 8.71. The Morgan fingerprint density at radius 3 is 2.82 bits per heavy atom. The van der Waals surface area contributed by atoms with E-state index in [0.29, 0.717) is 12.1 Å². The number of nitrogens with one attached hydrogen (secondary N) is 1. The molecule has 0 spiro atoms. The van der Waals surface area contributed by atoms with Gasteiger partial charge in [0.2, 0.25) is 0 Å². The molecule has 0 atom stereocenters. The molecule has 17 heavy (non-hydrogen) atoms. The number of hydrogen-bond donors (Lipinski definition) is 1. The number of hydrogen-bond acceptors (Lipinski definition) is 3. The fourth-order valence-electron chi connectivity index (χ4n) is 1.35. The lowest BCUT2D eigenvalue weighted by Crippen LogP contribution is -2.00. The van der Waals surface area contributed by atoms with Crippen LogP contribution in [0.15, 0.2) is 29.6 Å². The summed E-state index contributed by atoms with van der Waals surface area (Å²) in [5.41, 5.74) is 0.698. The minimum absolute atomic E-state index is 0.122. The van der Waals surface area contributed by atoms with Gasteiger partial charge in [0, 0.05) is 16.8 Å². The highest BCUT2D eigenvalue weighted by molar-refractivity contribution is 7.10. The second-order valence-electron chi connectivity index (χ2n) is 3.39. The van der Waals surface area contributed by atoms with Crippen LogP contribution in [0.4, 0.5) is 14.5 Å². The van der Waals surface area contributed by atoms with E-state index in [1.807, 2.05) is 6.07 Å². The Labute approximate surface area is 101 Å². The van der Waals surface area contributed by atoms with E-state index in [2.05, 4.69) is 5.32 Å². The minimum Gasteiger partial charge on any atom is -0.378 e. The van der Waals surface area contributed by atoms with Crippen molar-refractivity contribution < 1.29 is 8.78 Å². The molecule has 0 unspecified atom stereocenters. The molecule has 0 saturated heterocycles. The summed E-state index contributed by atoms with van der Waals surface area (Å²) in [5, 5.41) is 13.2. The molecular formula is C12H8F2N2S. The Balaban J connectivity index is 2.07. The Morgan fingerprint density at radius 2 is 2.12 bits per heavy atom. The van der Waals surface area contributed by atoms with Gasteiger partial charge in [-0.25, -0.2) is 8.78 Å². The summed E-state index contributed by atoms with van der Waals surface area (Å²) in [6.45, 7) is 0.368. The van der Waals surface area contributed by atoms with Crippen LogP contribution in [-0.4, -0.2) is 0 Å². The van der Waals surface area contributed by atoms with Crippen LogP contribution in [-0.2, 0) is 6.54 Å². The smallest absolute Gasteiger partial charge is 0.146 e. The molecule has 0 aliphatic carbocycles. The molecular weight excluding hydrogens is 242 g/mol. The van der Waals surface area contributed by atoms with Gasteiger partial charge < -0.3 is 5.32 Å². The summed E-state index contributed by atoms with van der Waals surface area (Å²) in [6.07, 6.45) is 0. The molecule has 0 bridgehead atoms. The molecule has 2 aromatic rings. The van der Waals surface area contributed by atoms with Crippen LogP contribution in [0.5, 0.6) is 0 Å². The monoisotopic (exact) mass is 250 g/mol. The highest BCUT2D eigenvalue weighted by Gasteiger charge is 2.04. The summed E-state index contributed by atoms with van der Waals surface area (Å²) in [6, 6.07) is 6.98. The molecule has 0 fully saturated rings. The number of rotatable bonds is 3. The topological polar surface area (TPSA) is 35.8 Å². The molecule has 1 aromatic carbocycles. The van der Waals surface area contributed by atoms with Crippen LogP contribution in [0.25, 0.3) is 0 Å². The fraction of sp³-hybridized carbons (Fsp3) is 0.0833. The van der Waals surface area contributed by atoms with Gasteiger partial charge in [-0.2, -0.15) is 5.26 Å². The van der Waals surface area contributed by atoms with Gasteiger partial charge in [-0.05, 0) is 24.3 Å². The van der Waals surface area contributed by atoms with Crippen molar-refractivity contribution in [1.29, 1.82) is 5.26 Å². The average molecular weight is 250 g/mol. The molecule has 0 radical (unpaired) electrons. The molecule has 0 aliphatic heterocycles. The second kappa shape index (κ2) is 4.93. The van der Waals surface area contributed by atoms with Crippen molar-refractivity contribution in [2.24, 2.45) is 0 Å². The normalized spacial score (nSPS) is 9.94. The van der Waals surface area contributed by atoms with E-state index in [-0.39, 0.29) is 5.69 Å². The van der Waals surface area contributed by atoms with E-state index in [0.717, 1.165) is 23.1 Å².